The summed E-state index contributed by atoms with van der Waals surface area (Å²) in [4.78, 5) is 14.3. The van der Waals surface area contributed by atoms with E-state index in [1.807, 2.05) is 0 Å². The predicted molar refractivity (Wildman–Crippen MR) is 93.3 cm³/mol. The van der Waals surface area contributed by atoms with E-state index in [0.717, 1.165) is 12.8 Å². The minimum Gasteiger partial charge on any atom is -0.340 e. The van der Waals surface area contributed by atoms with Gasteiger partial charge in [-0.15, -0.1) is 0 Å². The van der Waals surface area contributed by atoms with E-state index in [4.69, 9.17) is 11.6 Å². The first-order valence-electron chi connectivity index (χ1n) is 8.17. The van der Waals surface area contributed by atoms with Gasteiger partial charge in [-0.05, 0) is 43.0 Å². The summed E-state index contributed by atoms with van der Waals surface area (Å²) in [5.41, 5.74) is 0. The third-order valence-corrected chi connectivity index (χ3v) is 6.76. The average Bonchev–Trinajstić information content (AvgIpc) is 3.08. The van der Waals surface area contributed by atoms with Crippen LogP contribution in [0.1, 0.15) is 19.3 Å². The molecule has 2 aliphatic rings. The number of carbonyl (C=O) groups is 1. The Balaban J connectivity index is 1.58. The Bertz CT molecular complexity index is 723. The fourth-order valence-corrected chi connectivity index (χ4v) is 4.70. The Morgan fingerprint density at radius 3 is 2.38 bits per heavy atom. The summed E-state index contributed by atoms with van der Waals surface area (Å²) in [5, 5.41) is 0.505. The first-order chi connectivity index (χ1) is 11.5. The van der Waals surface area contributed by atoms with Crippen molar-refractivity contribution in [2.24, 2.45) is 5.92 Å². The third-order valence-electron chi connectivity index (χ3n) is 4.59. The monoisotopic (exact) mass is 368 g/mol. The molecule has 1 saturated heterocycles. The van der Waals surface area contributed by atoms with Crippen molar-refractivity contribution < 1.29 is 13.2 Å². The lowest BCUT2D eigenvalue weighted by atomic mass is 10.0. The zero-order chi connectivity index (χ0) is 17.2. The topological polar surface area (TPSA) is 57.7 Å². The van der Waals surface area contributed by atoms with Crippen LogP contribution in [0, 0.1) is 5.92 Å². The third kappa shape index (κ3) is 3.82. The van der Waals surface area contributed by atoms with Gasteiger partial charge in [0.15, 0.2) is 0 Å². The van der Waals surface area contributed by atoms with Crippen molar-refractivity contribution in [1.29, 1.82) is 0 Å². The van der Waals surface area contributed by atoms with Crippen LogP contribution in [0.5, 0.6) is 0 Å². The van der Waals surface area contributed by atoms with Gasteiger partial charge in [-0.2, -0.15) is 4.31 Å². The molecule has 0 aromatic heterocycles. The van der Waals surface area contributed by atoms with Crippen LogP contribution < -0.4 is 0 Å². The van der Waals surface area contributed by atoms with Gasteiger partial charge in [0.05, 0.1) is 4.90 Å². The molecule has 5 nitrogen and oxygen atoms in total. The number of sulfonamides is 1. The highest BCUT2D eigenvalue weighted by atomic mass is 35.5. The highest BCUT2D eigenvalue weighted by molar-refractivity contribution is 7.89. The Hall–Kier alpha value is -1.37. The molecular weight excluding hydrogens is 348 g/mol. The maximum atomic E-state index is 12.6. The van der Waals surface area contributed by atoms with Crippen molar-refractivity contribution in [3.63, 3.8) is 0 Å². The van der Waals surface area contributed by atoms with Gasteiger partial charge < -0.3 is 4.90 Å². The molecule has 130 valence electrons. The smallest absolute Gasteiger partial charge is 0.243 e. The van der Waals surface area contributed by atoms with E-state index in [1.165, 1.54) is 16.4 Å². The van der Waals surface area contributed by atoms with Crippen molar-refractivity contribution in [2.75, 3.05) is 26.2 Å². The summed E-state index contributed by atoms with van der Waals surface area (Å²) in [6.45, 7) is 1.55. The van der Waals surface area contributed by atoms with Crippen molar-refractivity contribution in [3.05, 3.63) is 41.4 Å². The van der Waals surface area contributed by atoms with Crippen LogP contribution in [0.3, 0.4) is 0 Å². The Morgan fingerprint density at radius 2 is 1.79 bits per heavy atom. The number of piperazine rings is 1. The van der Waals surface area contributed by atoms with Crippen LogP contribution in [-0.4, -0.2) is 49.7 Å². The number of nitrogens with zero attached hydrogens (tertiary/aromatic N) is 2. The Labute approximate surface area is 147 Å². The second-order valence-electron chi connectivity index (χ2n) is 6.21. The molecule has 1 amide bonds. The number of rotatable bonds is 4. The minimum atomic E-state index is -3.52. The molecule has 0 bridgehead atoms. The molecule has 0 spiro atoms. The lowest BCUT2D eigenvalue weighted by molar-refractivity contribution is -0.133. The zero-order valence-electron chi connectivity index (χ0n) is 13.4. The number of benzene rings is 1. The van der Waals surface area contributed by atoms with Crippen LogP contribution in [0.2, 0.25) is 5.02 Å². The van der Waals surface area contributed by atoms with Gasteiger partial charge >= 0.3 is 0 Å². The molecule has 24 heavy (non-hydrogen) atoms. The second-order valence-corrected chi connectivity index (χ2v) is 8.58. The average molecular weight is 369 g/mol. The van der Waals surface area contributed by atoms with Gasteiger partial charge in [0.25, 0.3) is 0 Å². The van der Waals surface area contributed by atoms with Gasteiger partial charge in [0.2, 0.25) is 15.9 Å². The molecule has 0 N–H and O–H groups in total. The lowest BCUT2D eigenvalue weighted by Gasteiger charge is -2.34. The van der Waals surface area contributed by atoms with E-state index >= 15 is 0 Å². The van der Waals surface area contributed by atoms with Crippen LogP contribution in [0.25, 0.3) is 0 Å². The SMILES string of the molecule is O=C(C[C@H]1C=CCC1)N1CCN(S(=O)(=O)c2ccc(Cl)cc2)CC1. The van der Waals surface area contributed by atoms with E-state index < -0.39 is 10.0 Å². The van der Waals surface area contributed by atoms with Crippen LogP contribution in [0.4, 0.5) is 0 Å². The summed E-state index contributed by atoms with van der Waals surface area (Å²) in [5.74, 6) is 0.462. The number of hydrogen-bond acceptors (Lipinski definition) is 3. The molecule has 1 fully saturated rings. The van der Waals surface area contributed by atoms with Crippen LogP contribution in [-0.2, 0) is 14.8 Å². The molecule has 1 aliphatic heterocycles. The summed E-state index contributed by atoms with van der Waals surface area (Å²) < 4.78 is 26.7. The van der Waals surface area contributed by atoms with E-state index in [-0.39, 0.29) is 10.8 Å². The van der Waals surface area contributed by atoms with E-state index in [2.05, 4.69) is 12.2 Å². The molecular formula is C17H21ClN2O3S. The molecule has 1 aromatic carbocycles. The Kier molecular flexibility index (Phi) is 5.27. The van der Waals surface area contributed by atoms with Gasteiger partial charge in [-0.25, -0.2) is 8.42 Å². The quantitative estimate of drug-likeness (QED) is 0.767. The van der Waals surface area contributed by atoms with Gasteiger partial charge in [-0.3, -0.25) is 4.79 Å². The highest BCUT2D eigenvalue weighted by Crippen LogP contribution is 2.23. The fraction of sp³-hybridized carbons (Fsp3) is 0.471. The molecule has 1 aromatic rings. The van der Waals surface area contributed by atoms with Gasteiger partial charge in [0, 0.05) is 37.6 Å². The standard InChI is InChI=1S/C17H21ClN2O3S/c18-15-5-7-16(8-6-15)24(22,23)20-11-9-19(10-12-20)17(21)13-14-3-1-2-4-14/h1,3,5-8,14H,2,4,9-13H2/t14-/m0/s1. The van der Waals surface area contributed by atoms with Crippen molar-refractivity contribution in [3.8, 4) is 0 Å². The number of amides is 1. The normalized spacial score (nSPS) is 22.0. The van der Waals surface area contributed by atoms with Gasteiger partial charge in [-0.1, -0.05) is 23.8 Å². The van der Waals surface area contributed by atoms with Crippen LogP contribution >= 0.6 is 11.6 Å². The number of carbonyl (C=O) groups excluding carboxylic acids is 1. The maximum absolute atomic E-state index is 12.6. The van der Waals surface area contributed by atoms with E-state index in [1.54, 1.807) is 17.0 Å². The molecule has 0 unspecified atom stereocenters. The van der Waals surface area contributed by atoms with Crippen molar-refractivity contribution >= 4 is 27.5 Å². The molecule has 1 aliphatic carbocycles. The highest BCUT2D eigenvalue weighted by Gasteiger charge is 2.30. The summed E-state index contributed by atoms with van der Waals surface area (Å²) in [7, 11) is -3.52. The minimum absolute atomic E-state index is 0.120. The summed E-state index contributed by atoms with van der Waals surface area (Å²) in [6, 6.07) is 6.18. The zero-order valence-corrected chi connectivity index (χ0v) is 15.0. The van der Waals surface area contributed by atoms with E-state index in [0.29, 0.717) is 43.5 Å². The van der Waals surface area contributed by atoms with Crippen LogP contribution in [0.15, 0.2) is 41.3 Å². The first-order valence-corrected chi connectivity index (χ1v) is 9.99. The fourth-order valence-electron chi connectivity index (χ4n) is 3.15. The Morgan fingerprint density at radius 1 is 1.12 bits per heavy atom. The van der Waals surface area contributed by atoms with Gasteiger partial charge in [0.1, 0.15) is 0 Å². The molecule has 0 radical (unpaired) electrons. The summed E-state index contributed by atoms with van der Waals surface area (Å²) >= 11 is 5.81. The largest absolute Gasteiger partial charge is 0.340 e. The maximum Gasteiger partial charge on any atom is 0.243 e. The number of hydrogen-bond donors (Lipinski definition) is 0. The van der Waals surface area contributed by atoms with E-state index in [9.17, 15) is 13.2 Å². The second kappa shape index (κ2) is 7.25. The molecule has 1 atom stereocenters. The predicted octanol–water partition coefficient (Wildman–Crippen LogP) is 2.53. The molecule has 1 heterocycles. The first kappa shape index (κ1) is 17.5. The van der Waals surface area contributed by atoms with Crippen molar-refractivity contribution in [2.45, 2.75) is 24.2 Å². The number of halogens is 1. The molecule has 0 saturated carbocycles. The summed E-state index contributed by atoms with van der Waals surface area (Å²) in [6.07, 6.45) is 6.84. The van der Waals surface area contributed by atoms with Crippen molar-refractivity contribution in [1.82, 2.24) is 9.21 Å². The molecule has 7 heteroatoms. The molecule has 3 rings (SSSR count). The number of allylic oxidation sites excluding steroid dienone is 2. The lowest BCUT2D eigenvalue weighted by Crippen LogP contribution is -2.50.